The second-order valence-corrected chi connectivity index (χ2v) is 7.11. The van der Waals surface area contributed by atoms with E-state index in [0.717, 1.165) is 22.2 Å². The zero-order valence-electron chi connectivity index (χ0n) is 18.3. The van der Waals surface area contributed by atoms with Gasteiger partial charge in [0.25, 0.3) is 0 Å². The number of hydrogen-bond donors (Lipinski definition) is 2. The van der Waals surface area contributed by atoms with E-state index in [1.165, 1.54) is 6.33 Å². The van der Waals surface area contributed by atoms with E-state index < -0.39 is 0 Å². The minimum absolute atomic E-state index is 0.121. The van der Waals surface area contributed by atoms with Gasteiger partial charge in [0.15, 0.2) is 0 Å². The third kappa shape index (κ3) is 6.49. The molecule has 2 aromatic carbocycles. The average molecular weight is 434 g/mol. The molecule has 0 saturated carbocycles. The van der Waals surface area contributed by atoms with Crippen molar-refractivity contribution in [2.45, 2.75) is 0 Å². The minimum atomic E-state index is -0.121. The van der Waals surface area contributed by atoms with Crippen LogP contribution in [0.15, 0.2) is 48.8 Å². The second kappa shape index (κ2) is 11.8. The van der Waals surface area contributed by atoms with Crippen LogP contribution >= 0.6 is 0 Å². The fourth-order valence-electron chi connectivity index (χ4n) is 3.17. The molecule has 166 valence electrons. The van der Waals surface area contributed by atoms with Crippen molar-refractivity contribution >= 4 is 34.0 Å². The van der Waals surface area contributed by atoms with Gasteiger partial charge in [-0.25, -0.2) is 9.97 Å². The topological polar surface area (TPSA) is 88.6 Å². The number of aromatic nitrogens is 2. The normalized spacial score (nSPS) is 10.8. The van der Waals surface area contributed by atoms with E-state index in [-0.39, 0.29) is 12.5 Å². The number of benzene rings is 2. The number of ether oxygens (including phenoxy) is 2. The first-order chi connectivity index (χ1) is 15.6. The number of terminal acetylenes is 1. The lowest BCUT2D eigenvalue weighted by molar-refractivity contribution is -0.117. The standard InChI is InChI=1S/C24H27N5O3/c1-4-18-6-5-7-19(14-18)28-24-21-15-20(8-9-22(21)25-17-26-24)27-23(30)16-29(10-12-31-2)11-13-32-3/h1,5-9,14-15,17H,10-13,16H2,2-3H3,(H,27,30)(H,25,26,28). The van der Waals surface area contributed by atoms with Crippen LogP contribution in [0.3, 0.4) is 0 Å². The highest BCUT2D eigenvalue weighted by molar-refractivity contribution is 5.97. The van der Waals surface area contributed by atoms with Crippen LogP contribution in [-0.2, 0) is 14.3 Å². The Morgan fingerprint density at radius 2 is 1.84 bits per heavy atom. The van der Waals surface area contributed by atoms with Gasteiger partial charge in [0.1, 0.15) is 12.1 Å². The van der Waals surface area contributed by atoms with Gasteiger partial charge < -0.3 is 20.1 Å². The van der Waals surface area contributed by atoms with Crippen LogP contribution in [0, 0.1) is 12.3 Å². The molecule has 1 aromatic heterocycles. The van der Waals surface area contributed by atoms with Crippen molar-refractivity contribution in [1.29, 1.82) is 0 Å². The predicted molar refractivity (Wildman–Crippen MR) is 126 cm³/mol. The molecule has 1 heterocycles. The Morgan fingerprint density at radius 1 is 1.06 bits per heavy atom. The van der Waals surface area contributed by atoms with Crippen LogP contribution < -0.4 is 10.6 Å². The molecule has 0 unspecified atom stereocenters. The van der Waals surface area contributed by atoms with Crippen LogP contribution in [0.5, 0.6) is 0 Å². The number of carbonyl (C=O) groups excluding carboxylic acids is 1. The number of methoxy groups -OCH3 is 2. The van der Waals surface area contributed by atoms with Gasteiger partial charge in [0.2, 0.25) is 5.91 Å². The van der Waals surface area contributed by atoms with E-state index in [0.29, 0.717) is 37.8 Å². The third-order valence-electron chi connectivity index (χ3n) is 4.80. The molecule has 0 aliphatic heterocycles. The fraction of sp³-hybridized carbons (Fsp3) is 0.292. The first-order valence-corrected chi connectivity index (χ1v) is 10.2. The third-order valence-corrected chi connectivity index (χ3v) is 4.80. The highest BCUT2D eigenvalue weighted by Crippen LogP contribution is 2.26. The quantitative estimate of drug-likeness (QED) is 0.450. The maximum Gasteiger partial charge on any atom is 0.238 e. The first-order valence-electron chi connectivity index (χ1n) is 10.2. The summed E-state index contributed by atoms with van der Waals surface area (Å²) in [5, 5.41) is 7.02. The molecule has 8 nitrogen and oxygen atoms in total. The number of nitrogens with one attached hydrogen (secondary N) is 2. The zero-order chi connectivity index (χ0) is 22.8. The summed E-state index contributed by atoms with van der Waals surface area (Å²) >= 11 is 0. The van der Waals surface area contributed by atoms with Crippen LogP contribution in [0.25, 0.3) is 10.9 Å². The van der Waals surface area contributed by atoms with Gasteiger partial charge >= 0.3 is 0 Å². The van der Waals surface area contributed by atoms with Crippen LogP contribution in [0.4, 0.5) is 17.2 Å². The van der Waals surface area contributed by atoms with E-state index in [1.54, 1.807) is 14.2 Å². The SMILES string of the molecule is C#Cc1cccc(Nc2ncnc3ccc(NC(=O)CN(CCOC)CCOC)cc23)c1. The van der Waals surface area contributed by atoms with Gasteiger partial charge in [-0.15, -0.1) is 6.42 Å². The van der Waals surface area contributed by atoms with E-state index in [2.05, 4.69) is 26.5 Å². The lowest BCUT2D eigenvalue weighted by Crippen LogP contribution is -2.37. The number of nitrogens with zero attached hydrogens (tertiary/aromatic N) is 3. The molecule has 3 rings (SSSR count). The van der Waals surface area contributed by atoms with Crippen molar-refractivity contribution < 1.29 is 14.3 Å². The minimum Gasteiger partial charge on any atom is -0.383 e. The average Bonchev–Trinajstić information content (AvgIpc) is 2.81. The van der Waals surface area contributed by atoms with Crippen molar-refractivity contribution in [3.05, 3.63) is 54.4 Å². The molecule has 32 heavy (non-hydrogen) atoms. The summed E-state index contributed by atoms with van der Waals surface area (Å²) in [7, 11) is 3.28. The zero-order valence-corrected chi connectivity index (χ0v) is 18.3. The fourth-order valence-corrected chi connectivity index (χ4v) is 3.17. The summed E-state index contributed by atoms with van der Waals surface area (Å²) in [6.07, 6.45) is 6.99. The Balaban J connectivity index is 1.75. The van der Waals surface area contributed by atoms with Gasteiger partial charge in [-0.05, 0) is 36.4 Å². The molecule has 0 saturated heterocycles. The number of amides is 1. The lowest BCUT2D eigenvalue weighted by atomic mass is 10.2. The Hall–Kier alpha value is -3.51. The van der Waals surface area contributed by atoms with Crippen molar-refractivity contribution in [2.24, 2.45) is 0 Å². The maximum atomic E-state index is 12.6. The molecular weight excluding hydrogens is 406 g/mol. The highest BCUT2D eigenvalue weighted by atomic mass is 16.5. The number of rotatable bonds is 11. The molecule has 0 fully saturated rings. The molecule has 1 amide bonds. The number of fused-ring (bicyclic) bond motifs is 1. The monoisotopic (exact) mass is 433 g/mol. The second-order valence-electron chi connectivity index (χ2n) is 7.11. The lowest BCUT2D eigenvalue weighted by Gasteiger charge is -2.21. The van der Waals surface area contributed by atoms with Crippen molar-refractivity contribution in [3.8, 4) is 12.3 Å². The maximum absolute atomic E-state index is 12.6. The van der Waals surface area contributed by atoms with Crippen LogP contribution in [-0.4, -0.2) is 67.8 Å². The molecule has 0 bridgehead atoms. The summed E-state index contributed by atoms with van der Waals surface area (Å²) in [5.41, 5.74) is 3.02. The highest BCUT2D eigenvalue weighted by Gasteiger charge is 2.12. The smallest absolute Gasteiger partial charge is 0.238 e. The van der Waals surface area contributed by atoms with Gasteiger partial charge in [0, 0.05) is 49.6 Å². The Kier molecular flexibility index (Phi) is 8.52. The molecule has 8 heteroatoms. The van der Waals surface area contributed by atoms with Crippen molar-refractivity contribution in [3.63, 3.8) is 0 Å². The van der Waals surface area contributed by atoms with Gasteiger partial charge in [-0.3, -0.25) is 9.69 Å². The molecular formula is C24H27N5O3. The predicted octanol–water partition coefficient (Wildman–Crippen LogP) is 2.89. The summed E-state index contributed by atoms with van der Waals surface area (Å²) < 4.78 is 10.3. The van der Waals surface area contributed by atoms with Gasteiger partial charge in [0.05, 0.1) is 25.3 Å². The number of anilines is 3. The summed E-state index contributed by atoms with van der Waals surface area (Å²) in [6, 6.07) is 13.1. The summed E-state index contributed by atoms with van der Waals surface area (Å²) in [4.78, 5) is 23.3. The summed E-state index contributed by atoms with van der Waals surface area (Å²) in [6.45, 7) is 2.60. The first kappa shape index (κ1) is 23.2. The van der Waals surface area contributed by atoms with Crippen molar-refractivity contribution in [2.75, 3.05) is 57.7 Å². The molecule has 0 aliphatic carbocycles. The molecule has 0 spiro atoms. The van der Waals surface area contributed by atoms with Gasteiger partial charge in [-0.2, -0.15) is 0 Å². The number of hydrogen-bond acceptors (Lipinski definition) is 7. The Labute approximate surface area is 188 Å². The van der Waals surface area contributed by atoms with E-state index in [4.69, 9.17) is 15.9 Å². The van der Waals surface area contributed by atoms with Crippen LogP contribution in [0.2, 0.25) is 0 Å². The largest absolute Gasteiger partial charge is 0.383 e. The van der Waals surface area contributed by atoms with Crippen molar-refractivity contribution in [1.82, 2.24) is 14.9 Å². The van der Waals surface area contributed by atoms with E-state index in [1.807, 2.05) is 47.4 Å². The van der Waals surface area contributed by atoms with E-state index >= 15 is 0 Å². The van der Waals surface area contributed by atoms with E-state index in [9.17, 15) is 4.79 Å². The Morgan fingerprint density at radius 3 is 2.56 bits per heavy atom. The molecule has 2 N–H and O–H groups in total. The molecule has 0 radical (unpaired) electrons. The Bertz CT molecular complexity index is 1090. The van der Waals surface area contributed by atoms with Crippen LogP contribution in [0.1, 0.15) is 5.56 Å². The molecule has 0 aliphatic rings. The van der Waals surface area contributed by atoms with Gasteiger partial charge in [-0.1, -0.05) is 12.0 Å². The number of carbonyl (C=O) groups is 1. The molecule has 0 atom stereocenters. The molecule has 3 aromatic rings. The summed E-state index contributed by atoms with van der Waals surface area (Å²) in [5.74, 6) is 3.13.